The lowest BCUT2D eigenvalue weighted by atomic mass is 10.1. The Balaban J connectivity index is 1.68. The molecule has 0 bridgehead atoms. The molecule has 2 aliphatic rings. The van der Waals surface area contributed by atoms with E-state index in [1.165, 1.54) is 37.4 Å². The Kier molecular flexibility index (Phi) is 3.04. The number of hydrogen-bond acceptors (Lipinski definition) is 4. The van der Waals surface area contributed by atoms with Gasteiger partial charge in [0.2, 0.25) is 0 Å². The van der Waals surface area contributed by atoms with Crippen LogP contribution in [-0.2, 0) is 5.33 Å². The fourth-order valence-electron chi connectivity index (χ4n) is 3.38. The maximum Gasteiger partial charge on any atom is 0.195 e. The maximum atomic E-state index is 4.84. The zero-order chi connectivity index (χ0) is 12.8. The second kappa shape index (κ2) is 4.75. The molecule has 1 atom stereocenters. The Morgan fingerprint density at radius 1 is 1.37 bits per heavy atom. The first kappa shape index (κ1) is 12.2. The summed E-state index contributed by atoms with van der Waals surface area (Å²) in [6.07, 6.45) is 4.84. The van der Waals surface area contributed by atoms with Crippen molar-refractivity contribution in [1.82, 2.24) is 14.3 Å². The van der Waals surface area contributed by atoms with Gasteiger partial charge in [0.05, 0.1) is 5.69 Å². The molecule has 2 saturated heterocycles. The molecule has 0 aliphatic carbocycles. The number of hydrogen-bond donors (Lipinski definition) is 0. The molecule has 2 aliphatic heterocycles. The van der Waals surface area contributed by atoms with E-state index in [4.69, 9.17) is 4.98 Å². The standard InChI is InChI=1S/C13H17BrN4S/c14-8-11-12(15-13-18(11)6-7-19-13)17-5-4-16-3-1-2-10(16)9-17/h6-7,10H,1-5,8-9H2. The van der Waals surface area contributed by atoms with Gasteiger partial charge in [0.25, 0.3) is 0 Å². The van der Waals surface area contributed by atoms with Crippen molar-refractivity contribution < 1.29 is 0 Å². The van der Waals surface area contributed by atoms with Crippen molar-refractivity contribution in [2.24, 2.45) is 0 Å². The fourth-order valence-corrected chi connectivity index (χ4v) is 4.63. The monoisotopic (exact) mass is 340 g/mol. The van der Waals surface area contributed by atoms with Gasteiger partial charge in [0.1, 0.15) is 0 Å². The quantitative estimate of drug-likeness (QED) is 0.785. The molecule has 0 spiro atoms. The highest BCUT2D eigenvalue weighted by Crippen LogP contribution is 2.30. The van der Waals surface area contributed by atoms with Crippen LogP contribution in [0.1, 0.15) is 18.5 Å². The van der Waals surface area contributed by atoms with Gasteiger partial charge in [-0.1, -0.05) is 15.9 Å². The average Bonchev–Trinajstić information content (AvgIpc) is 3.12. The highest BCUT2D eigenvalue weighted by Gasteiger charge is 2.32. The van der Waals surface area contributed by atoms with Crippen LogP contribution in [0.4, 0.5) is 5.82 Å². The third-order valence-corrected chi connectivity index (χ3v) is 5.64. The van der Waals surface area contributed by atoms with Crippen molar-refractivity contribution in [3.63, 3.8) is 0 Å². The molecule has 2 aromatic rings. The molecule has 6 heteroatoms. The van der Waals surface area contributed by atoms with E-state index in [-0.39, 0.29) is 0 Å². The van der Waals surface area contributed by atoms with E-state index in [1.54, 1.807) is 11.3 Å². The first-order chi connectivity index (χ1) is 9.36. The number of nitrogens with zero attached hydrogens (tertiary/aromatic N) is 4. The van der Waals surface area contributed by atoms with Crippen LogP contribution in [0.25, 0.3) is 4.96 Å². The second-order valence-corrected chi connectivity index (χ2v) is 6.78. The summed E-state index contributed by atoms with van der Waals surface area (Å²) in [4.78, 5) is 11.1. The Hall–Kier alpha value is -0.590. The summed E-state index contributed by atoms with van der Waals surface area (Å²) in [6, 6.07) is 0.747. The zero-order valence-electron chi connectivity index (χ0n) is 10.8. The third kappa shape index (κ3) is 1.92. The van der Waals surface area contributed by atoms with Crippen LogP contribution in [0, 0.1) is 0 Å². The minimum absolute atomic E-state index is 0.747. The average molecular weight is 341 g/mol. The SMILES string of the molecule is BrCc1c(N2CCN3CCCC3C2)nc2sccn12. The lowest BCUT2D eigenvalue weighted by Gasteiger charge is -2.38. The highest BCUT2D eigenvalue weighted by molar-refractivity contribution is 9.08. The molecule has 4 nitrogen and oxygen atoms in total. The number of halogens is 1. The van der Waals surface area contributed by atoms with Crippen molar-refractivity contribution in [3.8, 4) is 0 Å². The van der Waals surface area contributed by atoms with Crippen molar-refractivity contribution in [2.45, 2.75) is 24.2 Å². The largest absolute Gasteiger partial charge is 0.352 e. The van der Waals surface area contributed by atoms with Crippen LogP contribution in [0.2, 0.25) is 0 Å². The van der Waals surface area contributed by atoms with E-state index in [9.17, 15) is 0 Å². The molecule has 0 N–H and O–H groups in total. The predicted octanol–water partition coefficient (Wildman–Crippen LogP) is 2.58. The number of fused-ring (bicyclic) bond motifs is 2. The van der Waals surface area contributed by atoms with Gasteiger partial charge in [-0.2, -0.15) is 0 Å². The van der Waals surface area contributed by atoms with Crippen LogP contribution in [0.3, 0.4) is 0 Å². The molecule has 4 rings (SSSR count). The molecule has 0 saturated carbocycles. The van der Waals surface area contributed by atoms with Gasteiger partial charge < -0.3 is 4.90 Å². The summed E-state index contributed by atoms with van der Waals surface area (Å²) in [5, 5.41) is 2.97. The van der Waals surface area contributed by atoms with Crippen LogP contribution in [0.5, 0.6) is 0 Å². The van der Waals surface area contributed by atoms with Crippen LogP contribution in [-0.4, -0.2) is 46.5 Å². The fraction of sp³-hybridized carbons (Fsp3) is 0.615. The van der Waals surface area contributed by atoms with Gasteiger partial charge in [-0.3, -0.25) is 9.30 Å². The molecular formula is C13H17BrN4S. The predicted molar refractivity (Wildman–Crippen MR) is 82.5 cm³/mol. The maximum absolute atomic E-state index is 4.84. The van der Waals surface area contributed by atoms with Crippen LogP contribution in [0.15, 0.2) is 11.6 Å². The smallest absolute Gasteiger partial charge is 0.195 e. The lowest BCUT2D eigenvalue weighted by Crippen LogP contribution is -2.50. The molecule has 4 heterocycles. The number of imidazole rings is 1. The van der Waals surface area contributed by atoms with Gasteiger partial charge in [0, 0.05) is 42.6 Å². The van der Waals surface area contributed by atoms with E-state index in [0.29, 0.717) is 0 Å². The van der Waals surface area contributed by atoms with E-state index in [0.717, 1.165) is 29.4 Å². The minimum atomic E-state index is 0.747. The summed E-state index contributed by atoms with van der Waals surface area (Å²) in [7, 11) is 0. The molecule has 0 radical (unpaired) electrons. The summed E-state index contributed by atoms with van der Waals surface area (Å²) in [6.45, 7) is 4.74. The lowest BCUT2D eigenvalue weighted by molar-refractivity contribution is 0.230. The molecule has 0 aromatic carbocycles. The number of alkyl halides is 1. The molecule has 0 amide bonds. The molecule has 2 fully saturated rings. The first-order valence-corrected chi connectivity index (χ1v) is 8.86. The van der Waals surface area contributed by atoms with Crippen molar-refractivity contribution in [3.05, 3.63) is 17.3 Å². The van der Waals surface area contributed by atoms with E-state index >= 15 is 0 Å². The van der Waals surface area contributed by atoms with Gasteiger partial charge in [-0.15, -0.1) is 11.3 Å². The minimum Gasteiger partial charge on any atom is -0.352 e. The number of rotatable bonds is 2. The topological polar surface area (TPSA) is 23.8 Å². The van der Waals surface area contributed by atoms with Gasteiger partial charge >= 0.3 is 0 Å². The summed E-state index contributed by atoms with van der Waals surface area (Å²) >= 11 is 5.34. The Bertz CT molecular complexity index is 592. The zero-order valence-corrected chi connectivity index (χ0v) is 13.2. The summed E-state index contributed by atoms with van der Waals surface area (Å²) < 4.78 is 2.22. The van der Waals surface area contributed by atoms with Gasteiger partial charge in [-0.25, -0.2) is 4.98 Å². The summed E-state index contributed by atoms with van der Waals surface area (Å²) in [5.74, 6) is 1.19. The van der Waals surface area contributed by atoms with Crippen LogP contribution >= 0.6 is 27.3 Å². The first-order valence-electron chi connectivity index (χ1n) is 6.86. The normalized spacial score (nSPS) is 24.3. The van der Waals surface area contributed by atoms with E-state index < -0.39 is 0 Å². The molecule has 1 unspecified atom stereocenters. The molecule has 2 aromatic heterocycles. The second-order valence-electron chi connectivity index (χ2n) is 5.35. The molecular weight excluding hydrogens is 324 g/mol. The Morgan fingerprint density at radius 2 is 2.32 bits per heavy atom. The van der Waals surface area contributed by atoms with Crippen molar-refractivity contribution in [2.75, 3.05) is 31.1 Å². The summed E-state index contributed by atoms with van der Waals surface area (Å²) in [5.41, 5.74) is 1.29. The number of thiazole rings is 1. The van der Waals surface area contributed by atoms with Gasteiger partial charge in [0.15, 0.2) is 10.8 Å². The number of anilines is 1. The van der Waals surface area contributed by atoms with E-state index in [2.05, 4.69) is 41.7 Å². The third-order valence-electron chi connectivity index (χ3n) is 4.35. The van der Waals surface area contributed by atoms with E-state index in [1.807, 2.05) is 0 Å². The van der Waals surface area contributed by atoms with Crippen molar-refractivity contribution in [1.29, 1.82) is 0 Å². The van der Waals surface area contributed by atoms with Crippen LogP contribution < -0.4 is 4.90 Å². The highest BCUT2D eigenvalue weighted by atomic mass is 79.9. The molecule has 19 heavy (non-hydrogen) atoms. The molecule has 102 valence electrons. The Labute approximate surface area is 125 Å². The van der Waals surface area contributed by atoms with Crippen molar-refractivity contribution >= 4 is 38.0 Å². The number of piperazine rings is 1. The Morgan fingerprint density at radius 3 is 3.21 bits per heavy atom. The van der Waals surface area contributed by atoms with Gasteiger partial charge in [-0.05, 0) is 19.4 Å². The number of aromatic nitrogens is 2.